The van der Waals surface area contributed by atoms with Crippen molar-refractivity contribution in [2.24, 2.45) is 11.7 Å². The van der Waals surface area contributed by atoms with E-state index in [0.717, 1.165) is 31.6 Å². The number of hydrogen-bond donors (Lipinski definition) is 1. The average molecular weight is 255 g/mol. The highest BCUT2D eigenvalue weighted by Gasteiger charge is 2.27. The van der Waals surface area contributed by atoms with Crippen LogP contribution < -0.4 is 5.73 Å². The molecule has 0 spiro atoms. The summed E-state index contributed by atoms with van der Waals surface area (Å²) in [4.78, 5) is 4.43. The van der Waals surface area contributed by atoms with Gasteiger partial charge in [-0.15, -0.1) is 0 Å². The molecule has 0 bridgehead atoms. The number of nitrogens with two attached hydrogens (primary N) is 1. The van der Waals surface area contributed by atoms with Gasteiger partial charge in [0.1, 0.15) is 5.82 Å². The van der Waals surface area contributed by atoms with Gasteiger partial charge in [-0.05, 0) is 36.8 Å². The van der Waals surface area contributed by atoms with E-state index in [1.165, 1.54) is 11.1 Å². The standard InChI is InChI=1S/C16H21N3/c1-2-19-8-7-18-16(19)11-15(17)14-9-12-5-3-4-6-13(12)10-14/h3-8,14-15H,2,9-11,17H2,1H3. The molecule has 1 heterocycles. The van der Waals surface area contributed by atoms with Gasteiger partial charge in [0, 0.05) is 31.4 Å². The lowest BCUT2D eigenvalue weighted by Gasteiger charge is -2.19. The minimum Gasteiger partial charge on any atom is -0.335 e. The van der Waals surface area contributed by atoms with Gasteiger partial charge >= 0.3 is 0 Å². The van der Waals surface area contributed by atoms with Crippen molar-refractivity contribution < 1.29 is 0 Å². The molecule has 0 amide bonds. The van der Waals surface area contributed by atoms with E-state index in [2.05, 4.69) is 40.7 Å². The van der Waals surface area contributed by atoms with Gasteiger partial charge in [-0.3, -0.25) is 0 Å². The third-order valence-corrected chi connectivity index (χ3v) is 4.25. The van der Waals surface area contributed by atoms with Crippen molar-refractivity contribution in [1.29, 1.82) is 0 Å². The molecule has 3 rings (SSSR count). The van der Waals surface area contributed by atoms with E-state index >= 15 is 0 Å². The van der Waals surface area contributed by atoms with Gasteiger partial charge in [-0.1, -0.05) is 24.3 Å². The van der Waals surface area contributed by atoms with Crippen molar-refractivity contribution in [3.8, 4) is 0 Å². The van der Waals surface area contributed by atoms with Gasteiger partial charge < -0.3 is 10.3 Å². The van der Waals surface area contributed by atoms with Crippen LogP contribution in [0, 0.1) is 5.92 Å². The van der Waals surface area contributed by atoms with E-state index in [1.807, 2.05) is 12.4 Å². The number of benzene rings is 1. The van der Waals surface area contributed by atoms with E-state index in [9.17, 15) is 0 Å². The third kappa shape index (κ3) is 2.43. The van der Waals surface area contributed by atoms with Gasteiger partial charge in [-0.2, -0.15) is 0 Å². The van der Waals surface area contributed by atoms with E-state index in [4.69, 9.17) is 5.73 Å². The maximum absolute atomic E-state index is 6.42. The Morgan fingerprint density at radius 1 is 1.32 bits per heavy atom. The topological polar surface area (TPSA) is 43.8 Å². The quantitative estimate of drug-likeness (QED) is 0.910. The molecule has 0 saturated heterocycles. The van der Waals surface area contributed by atoms with Crippen molar-refractivity contribution >= 4 is 0 Å². The van der Waals surface area contributed by atoms with Crippen LogP contribution >= 0.6 is 0 Å². The van der Waals surface area contributed by atoms with E-state index in [-0.39, 0.29) is 6.04 Å². The van der Waals surface area contributed by atoms with Crippen LogP contribution in [0.15, 0.2) is 36.7 Å². The lowest BCUT2D eigenvalue weighted by molar-refractivity contribution is 0.425. The zero-order valence-electron chi connectivity index (χ0n) is 11.4. The summed E-state index contributed by atoms with van der Waals surface area (Å²) >= 11 is 0. The van der Waals surface area contributed by atoms with Crippen molar-refractivity contribution in [1.82, 2.24) is 9.55 Å². The highest BCUT2D eigenvalue weighted by molar-refractivity contribution is 5.32. The summed E-state index contributed by atoms with van der Waals surface area (Å²) in [7, 11) is 0. The molecule has 1 unspecified atom stereocenters. The molecular weight excluding hydrogens is 234 g/mol. The molecule has 1 aliphatic carbocycles. The molecular formula is C16H21N3. The molecule has 19 heavy (non-hydrogen) atoms. The second-order valence-electron chi connectivity index (χ2n) is 5.43. The molecule has 1 atom stereocenters. The minimum absolute atomic E-state index is 0.195. The second kappa shape index (κ2) is 5.17. The smallest absolute Gasteiger partial charge is 0.110 e. The number of aryl methyl sites for hydroxylation is 1. The molecule has 0 radical (unpaired) electrons. The zero-order chi connectivity index (χ0) is 13.2. The first-order valence-electron chi connectivity index (χ1n) is 7.10. The minimum atomic E-state index is 0.195. The molecule has 0 aliphatic heterocycles. The summed E-state index contributed by atoms with van der Waals surface area (Å²) in [5, 5.41) is 0. The molecule has 2 aromatic rings. The van der Waals surface area contributed by atoms with Crippen LogP contribution in [0.3, 0.4) is 0 Å². The van der Waals surface area contributed by atoms with Crippen molar-refractivity contribution in [3.63, 3.8) is 0 Å². The van der Waals surface area contributed by atoms with Crippen LogP contribution in [-0.4, -0.2) is 15.6 Å². The summed E-state index contributed by atoms with van der Waals surface area (Å²) < 4.78 is 2.18. The maximum atomic E-state index is 6.42. The predicted octanol–water partition coefficient (Wildman–Crippen LogP) is 2.19. The van der Waals surface area contributed by atoms with Gasteiger partial charge in [0.25, 0.3) is 0 Å². The van der Waals surface area contributed by atoms with Crippen LogP contribution in [0.5, 0.6) is 0 Å². The fourth-order valence-electron chi connectivity index (χ4n) is 3.09. The Balaban J connectivity index is 1.68. The highest BCUT2D eigenvalue weighted by Crippen LogP contribution is 2.28. The first-order chi connectivity index (χ1) is 9.28. The molecule has 3 nitrogen and oxygen atoms in total. The van der Waals surface area contributed by atoms with Crippen LogP contribution in [0.25, 0.3) is 0 Å². The molecule has 100 valence electrons. The number of aromatic nitrogens is 2. The molecule has 1 aromatic heterocycles. The molecule has 1 aliphatic rings. The summed E-state index contributed by atoms with van der Waals surface area (Å²) in [5.41, 5.74) is 9.37. The van der Waals surface area contributed by atoms with Crippen molar-refractivity contribution in [3.05, 3.63) is 53.6 Å². The summed E-state index contributed by atoms with van der Waals surface area (Å²) in [6.45, 7) is 3.11. The second-order valence-corrected chi connectivity index (χ2v) is 5.43. The normalized spacial score (nSPS) is 16.5. The number of imidazole rings is 1. The average Bonchev–Trinajstić information content (AvgIpc) is 3.03. The summed E-state index contributed by atoms with van der Waals surface area (Å²) in [6, 6.07) is 8.90. The predicted molar refractivity (Wildman–Crippen MR) is 76.9 cm³/mol. The molecule has 0 saturated carbocycles. The first-order valence-corrected chi connectivity index (χ1v) is 7.10. The summed E-state index contributed by atoms with van der Waals surface area (Å²) in [6.07, 6.45) is 7.01. The van der Waals surface area contributed by atoms with Gasteiger partial charge in [-0.25, -0.2) is 4.98 Å². The van der Waals surface area contributed by atoms with E-state index < -0.39 is 0 Å². The Hall–Kier alpha value is -1.61. The van der Waals surface area contributed by atoms with E-state index in [1.54, 1.807) is 0 Å². The van der Waals surface area contributed by atoms with E-state index in [0.29, 0.717) is 5.92 Å². The van der Waals surface area contributed by atoms with Crippen LogP contribution in [0.1, 0.15) is 23.9 Å². The number of rotatable bonds is 4. The molecule has 0 fully saturated rings. The van der Waals surface area contributed by atoms with Gasteiger partial charge in [0.15, 0.2) is 0 Å². The van der Waals surface area contributed by atoms with Crippen LogP contribution in [0.2, 0.25) is 0 Å². The first kappa shape index (κ1) is 12.4. The molecule has 1 aromatic carbocycles. The monoisotopic (exact) mass is 255 g/mol. The Kier molecular flexibility index (Phi) is 3.38. The SMILES string of the molecule is CCn1ccnc1CC(N)C1Cc2ccccc2C1. The maximum Gasteiger partial charge on any atom is 0.110 e. The Bertz CT molecular complexity index is 534. The number of nitrogens with zero attached hydrogens (tertiary/aromatic N) is 2. The van der Waals surface area contributed by atoms with Crippen molar-refractivity contribution in [2.75, 3.05) is 0 Å². The summed E-state index contributed by atoms with van der Waals surface area (Å²) in [5.74, 6) is 1.67. The lowest BCUT2D eigenvalue weighted by atomic mass is 9.94. The largest absolute Gasteiger partial charge is 0.335 e. The highest BCUT2D eigenvalue weighted by atomic mass is 15.1. The fraction of sp³-hybridized carbons (Fsp3) is 0.438. The molecule has 3 heteroatoms. The Morgan fingerprint density at radius 2 is 2.00 bits per heavy atom. The van der Waals surface area contributed by atoms with Crippen LogP contribution in [-0.2, 0) is 25.8 Å². The number of hydrogen-bond acceptors (Lipinski definition) is 2. The van der Waals surface area contributed by atoms with Crippen molar-refractivity contribution in [2.45, 2.75) is 38.8 Å². The number of fused-ring (bicyclic) bond motifs is 1. The Morgan fingerprint density at radius 3 is 2.63 bits per heavy atom. The van der Waals surface area contributed by atoms with Crippen LogP contribution in [0.4, 0.5) is 0 Å². The fourth-order valence-corrected chi connectivity index (χ4v) is 3.09. The zero-order valence-corrected chi connectivity index (χ0v) is 11.4. The third-order valence-electron chi connectivity index (χ3n) is 4.25. The molecule has 2 N–H and O–H groups in total. The van der Waals surface area contributed by atoms with Gasteiger partial charge in [0.2, 0.25) is 0 Å². The lowest BCUT2D eigenvalue weighted by Crippen LogP contribution is -2.33. The van der Waals surface area contributed by atoms with Gasteiger partial charge in [0.05, 0.1) is 0 Å². The Labute approximate surface area is 114 Å².